The summed E-state index contributed by atoms with van der Waals surface area (Å²) in [4.78, 5) is 19.4. The third-order valence-corrected chi connectivity index (χ3v) is 6.27. The monoisotopic (exact) mass is 448 g/mol. The fourth-order valence-corrected chi connectivity index (χ4v) is 4.24. The molecule has 1 fully saturated rings. The zero-order valence-electron chi connectivity index (χ0n) is 19.4. The van der Waals surface area contributed by atoms with Crippen molar-refractivity contribution in [2.45, 2.75) is 39.2 Å². The average Bonchev–Trinajstić information content (AvgIpc) is 3.31. The minimum Gasteiger partial charge on any atom is -0.497 e. The van der Waals surface area contributed by atoms with Crippen LogP contribution >= 0.6 is 0 Å². The van der Waals surface area contributed by atoms with E-state index < -0.39 is 0 Å². The van der Waals surface area contributed by atoms with Gasteiger partial charge in [0.2, 0.25) is 17.6 Å². The van der Waals surface area contributed by atoms with Gasteiger partial charge in [0.05, 0.1) is 13.7 Å². The van der Waals surface area contributed by atoms with Crippen LogP contribution in [0.1, 0.15) is 36.3 Å². The summed E-state index contributed by atoms with van der Waals surface area (Å²) in [6.45, 7) is 5.07. The lowest BCUT2D eigenvalue weighted by atomic mass is 9.96. The van der Waals surface area contributed by atoms with E-state index in [1.165, 1.54) is 5.56 Å². The van der Waals surface area contributed by atoms with Gasteiger partial charge in [0.15, 0.2) is 0 Å². The molecule has 1 saturated heterocycles. The molecular formula is C26H32N4O3. The smallest absolute Gasteiger partial charge is 0.241 e. The number of hydrogen-bond acceptors (Lipinski definition) is 6. The van der Waals surface area contributed by atoms with Gasteiger partial charge in [-0.15, -0.1) is 0 Å². The molecule has 2 heterocycles. The number of amides is 1. The van der Waals surface area contributed by atoms with E-state index in [4.69, 9.17) is 9.26 Å². The first-order valence-electron chi connectivity index (χ1n) is 11.6. The number of carbonyl (C=O) groups excluding carboxylic acids is 1. The molecule has 0 spiro atoms. The lowest BCUT2D eigenvalue weighted by Crippen LogP contribution is -2.40. The summed E-state index contributed by atoms with van der Waals surface area (Å²) in [5.41, 5.74) is 3.38. The lowest BCUT2D eigenvalue weighted by molar-refractivity contribution is -0.126. The van der Waals surface area contributed by atoms with Gasteiger partial charge < -0.3 is 14.6 Å². The molecule has 0 radical (unpaired) electrons. The SMILES string of the molecule is COc1ccc(CCCNC(=O)C2CCN(Cc3nc(-c4ccccc4C)no3)CC2)cc1. The van der Waals surface area contributed by atoms with Crippen LogP contribution in [0.2, 0.25) is 0 Å². The van der Waals surface area contributed by atoms with Crippen molar-refractivity contribution in [2.24, 2.45) is 5.92 Å². The molecule has 174 valence electrons. The summed E-state index contributed by atoms with van der Waals surface area (Å²) in [5, 5.41) is 7.26. The van der Waals surface area contributed by atoms with E-state index in [1.54, 1.807) is 7.11 Å². The fraction of sp³-hybridized carbons (Fsp3) is 0.423. The molecule has 0 unspecified atom stereocenters. The Labute approximate surface area is 195 Å². The quantitative estimate of drug-likeness (QED) is 0.498. The van der Waals surface area contributed by atoms with Gasteiger partial charge in [-0.25, -0.2) is 0 Å². The predicted molar refractivity (Wildman–Crippen MR) is 127 cm³/mol. The topological polar surface area (TPSA) is 80.5 Å². The summed E-state index contributed by atoms with van der Waals surface area (Å²) in [7, 11) is 1.67. The Morgan fingerprint density at radius 1 is 1.15 bits per heavy atom. The molecule has 1 aliphatic heterocycles. The highest BCUT2D eigenvalue weighted by atomic mass is 16.5. The Morgan fingerprint density at radius 3 is 2.64 bits per heavy atom. The summed E-state index contributed by atoms with van der Waals surface area (Å²) < 4.78 is 10.7. The molecule has 7 heteroatoms. The number of methoxy groups -OCH3 is 1. The second-order valence-electron chi connectivity index (χ2n) is 8.62. The molecular weight excluding hydrogens is 416 g/mol. The number of piperidine rings is 1. The van der Waals surface area contributed by atoms with Crippen LogP contribution in [0.25, 0.3) is 11.4 Å². The number of likely N-dealkylation sites (tertiary alicyclic amines) is 1. The van der Waals surface area contributed by atoms with Crippen LogP contribution in [0.5, 0.6) is 5.75 Å². The number of carbonyl (C=O) groups is 1. The van der Waals surface area contributed by atoms with Crippen molar-refractivity contribution in [3.63, 3.8) is 0 Å². The van der Waals surface area contributed by atoms with E-state index in [9.17, 15) is 4.79 Å². The minimum atomic E-state index is 0.0763. The Bertz CT molecular complexity index is 1040. The van der Waals surface area contributed by atoms with Crippen molar-refractivity contribution in [1.29, 1.82) is 0 Å². The van der Waals surface area contributed by atoms with Crippen LogP contribution in [0.15, 0.2) is 53.1 Å². The molecule has 1 N–H and O–H groups in total. The van der Waals surface area contributed by atoms with E-state index in [1.807, 2.05) is 43.3 Å². The van der Waals surface area contributed by atoms with Crippen LogP contribution in [0, 0.1) is 12.8 Å². The highest BCUT2D eigenvalue weighted by molar-refractivity contribution is 5.78. The summed E-state index contributed by atoms with van der Waals surface area (Å²) in [5.74, 6) is 2.36. The number of aryl methyl sites for hydroxylation is 2. The van der Waals surface area contributed by atoms with Gasteiger partial charge in [-0.2, -0.15) is 4.98 Å². The first kappa shape index (κ1) is 23.0. The van der Waals surface area contributed by atoms with Gasteiger partial charge >= 0.3 is 0 Å². The molecule has 1 aromatic heterocycles. The van der Waals surface area contributed by atoms with E-state index >= 15 is 0 Å². The molecule has 0 saturated carbocycles. The van der Waals surface area contributed by atoms with Crippen molar-refractivity contribution >= 4 is 5.91 Å². The molecule has 4 rings (SSSR count). The van der Waals surface area contributed by atoms with Crippen LogP contribution in [0.4, 0.5) is 0 Å². The number of benzene rings is 2. The fourth-order valence-electron chi connectivity index (χ4n) is 4.24. The molecule has 0 aliphatic carbocycles. The largest absolute Gasteiger partial charge is 0.497 e. The van der Waals surface area contributed by atoms with Crippen molar-refractivity contribution in [1.82, 2.24) is 20.4 Å². The Morgan fingerprint density at radius 2 is 1.91 bits per heavy atom. The number of ether oxygens (including phenoxy) is 1. The van der Waals surface area contributed by atoms with Crippen molar-refractivity contribution in [3.8, 4) is 17.1 Å². The maximum Gasteiger partial charge on any atom is 0.241 e. The normalized spacial score (nSPS) is 14.8. The van der Waals surface area contributed by atoms with E-state index in [0.29, 0.717) is 24.8 Å². The molecule has 0 atom stereocenters. The standard InChI is InChI=1S/C26H32N4O3/c1-19-6-3-4-8-23(19)25-28-24(33-29-25)18-30-16-13-21(14-17-30)26(31)27-15-5-7-20-9-11-22(32-2)12-10-20/h3-4,6,8-12,21H,5,7,13-18H2,1-2H3,(H,27,31). The molecule has 7 nitrogen and oxygen atoms in total. The average molecular weight is 449 g/mol. The number of rotatable bonds is 9. The zero-order valence-corrected chi connectivity index (χ0v) is 19.4. The summed E-state index contributed by atoms with van der Waals surface area (Å²) in [6.07, 6.45) is 3.57. The van der Waals surface area contributed by atoms with Gasteiger partial charge in [0.25, 0.3) is 0 Å². The van der Waals surface area contributed by atoms with Gasteiger partial charge in [-0.1, -0.05) is 41.6 Å². The van der Waals surface area contributed by atoms with Gasteiger partial charge in [0, 0.05) is 18.0 Å². The van der Waals surface area contributed by atoms with Crippen LogP contribution in [0.3, 0.4) is 0 Å². The predicted octanol–water partition coefficient (Wildman–Crippen LogP) is 4.01. The highest BCUT2D eigenvalue weighted by Crippen LogP contribution is 2.22. The summed E-state index contributed by atoms with van der Waals surface area (Å²) >= 11 is 0. The van der Waals surface area contributed by atoms with Crippen molar-refractivity contribution < 1.29 is 14.1 Å². The minimum absolute atomic E-state index is 0.0763. The molecule has 2 aromatic carbocycles. The van der Waals surface area contributed by atoms with Crippen molar-refractivity contribution in [3.05, 3.63) is 65.5 Å². The lowest BCUT2D eigenvalue weighted by Gasteiger charge is -2.30. The highest BCUT2D eigenvalue weighted by Gasteiger charge is 2.25. The Hall–Kier alpha value is -3.19. The molecule has 33 heavy (non-hydrogen) atoms. The van der Waals surface area contributed by atoms with Crippen LogP contribution in [-0.2, 0) is 17.8 Å². The number of nitrogens with one attached hydrogen (secondary N) is 1. The molecule has 1 amide bonds. The third kappa shape index (κ3) is 6.20. The van der Waals surface area contributed by atoms with Gasteiger partial charge in [-0.3, -0.25) is 9.69 Å². The molecule has 0 bridgehead atoms. The third-order valence-electron chi connectivity index (χ3n) is 6.27. The Kier molecular flexibility index (Phi) is 7.73. The number of nitrogens with zero attached hydrogens (tertiary/aromatic N) is 3. The van der Waals surface area contributed by atoms with Crippen molar-refractivity contribution in [2.75, 3.05) is 26.7 Å². The zero-order chi connectivity index (χ0) is 23.0. The second kappa shape index (κ2) is 11.1. The van der Waals surface area contributed by atoms with Crippen LogP contribution in [-0.4, -0.2) is 47.7 Å². The molecule has 3 aromatic rings. The molecule has 1 aliphatic rings. The first-order valence-corrected chi connectivity index (χ1v) is 11.6. The maximum absolute atomic E-state index is 12.6. The van der Waals surface area contributed by atoms with Gasteiger partial charge in [-0.05, 0) is 69.0 Å². The van der Waals surface area contributed by atoms with E-state index in [2.05, 4.69) is 32.5 Å². The summed E-state index contributed by atoms with van der Waals surface area (Å²) in [6, 6.07) is 16.1. The maximum atomic E-state index is 12.6. The first-order chi connectivity index (χ1) is 16.1. The van der Waals surface area contributed by atoms with E-state index in [-0.39, 0.29) is 11.8 Å². The van der Waals surface area contributed by atoms with Gasteiger partial charge in [0.1, 0.15) is 5.75 Å². The van der Waals surface area contributed by atoms with Crippen LogP contribution < -0.4 is 10.1 Å². The van der Waals surface area contributed by atoms with E-state index in [0.717, 1.165) is 55.6 Å². The number of aromatic nitrogens is 2. The second-order valence-corrected chi connectivity index (χ2v) is 8.62. The number of hydrogen-bond donors (Lipinski definition) is 1. The Balaban J connectivity index is 1.16.